The van der Waals surface area contributed by atoms with Crippen molar-refractivity contribution in [2.75, 3.05) is 19.6 Å². The molecule has 0 bridgehead atoms. The summed E-state index contributed by atoms with van der Waals surface area (Å²) in [7, 11) is 0. The van der Waals surface area contributed by atoms with Crippen molar-refractivity contribution < 1.29 is 9.59 Å². The van der Waals surface area contributed by atoms with Gasteiger partial charge in [-0.2, -0.15) is 0 Å². The van der Waals surface area contributed by atoms with E-state index in [1.165, 1.54) is 0 Å². The van der Waals surface area contributed by atoms with Crippen LogP contribution >= 0.6 is 0 Å². The molecule has 1 fully saturated rings. The van der Waals surface area contributed by atoms with Gasteiger partial charge in [0.1, 0.15) is 0 Å². The normalized spacial score (nSPS) is 18.0. The summed E-state index contributed by atoms with van der Waals surface area (Å²) in [6.45, 7) is 5.37. The van der Waals surface area contributed by atoms with Crippen molar-refractivity contribution in [3.63, 3.8) is 0 Å². The van der Waals surface area contributed by atoms with Crippen LogP contribution in [0.5, 0.6) is 0 Å². The quantitative estimate of drug-likeness (QED) is 0.844. The van der Waals surface area contributed by atoms with Crippen molar-refractivity contribution in [1.29, 1.82) is 0 Å². The average molecular weight is 275 g/mol. The number of aryl methyl sites for hydroxylation is 2. The Morgan fingerprint density at radius 1 is 1.35 bits per heavy atom. The van der Waals surface area contributed by atoms with Crippen LogP contribution in [0.25, 0.3) is 0 Å². The molecular weight excluding hydrogens is 254 g/mol. The molecule has 1 heterocycles. The van der Waals surface area contributed by atoms with Crippen molar-refractivity contribution in [2.45, 2.75) is 26.3 Å². The average Bonchev–Trinajstić information content (AvgIpc) is 2.88. The largest absolute Gasteiger partial charge is 0.368 e. The number of amides is 2. The van der Waals surface area contributed by atoms with Crippen LogP contribution in [0.1, 0.15) is 27.9 Å². The third-order valence-corrected chi connectivity index (χ3v) is 3.76. The fourth-order valence-electron chi connectivity index (χ4n) is 2.74. The first-order valence-electron chi connectivity index (χ1n) is 6.87. The number of nitrogens with zero attached hydrogens (tertiary/aromatic N) is 1. The van der Waals surface area contributed by atoms with Crippen molar-refractivity contribution in [2.24, 2.45) is 5.73 Å². The molecule has 1 aromatic rings. The Hall–Kier alpha value is -1.88. The number of benzene rings is 1. The van der Waals surface area contributed by atoms with Gasteiger partial charge in [0.15, 0.2) is 0 Å². The van der Waals surface area contributed by atoms with Gasteiger partial charge in [0, 0.05) is 18.2 Å². The lowest BCUT2D eigenvalue weighted by atomic mass is 10.0. The van der Waals surface area contributed by atoms with Crippen molar-refractivity contribution in [1.82, 2.24) is 10.2 Å². The lowest BCUT2D eigenvalue weighted by Crippen LogP contribution is -2.46. The summed E-state index contributed by atoms with van der Waals surface area (Å²) < 4.78 is 0. The first-order chi connectivity index (χ1) is 9.50. The molecule has 2 rings (SSSR count). The zero-order chi connectivity index (χ0) is 14.7. The molecule has 20 heavy (non-hydrogen) atoms. The lowest BCUT2D eigenvalue weighted by Gasteiger charge is -2.28. The van der Waals surface area contributed by atoms with E-state index in [2.05, 4.69) is 5.32 Å². The van der Waals surface area contributed by atoms with Crippen LogP contribution in [0.3, 0.4) is 0 Å². The lowest BCUT2D eigenvalue weighted by molar-refractivity contribution is -0.119. The van der Waals surface area contributed by atoms with Crippen LogP contribution in [0, 0.1) is 13.8 Å². The third kappa shape index (κ3) is 2.99. The van der Waals surface area contributed by atoms with E-state index in [1.807, 2.05) is 32.0 Å². The Bertz CT molecular complexity index is 502. The number of primary amides is 1. The van der Waals surface area contributed by atoms with Crippen LogP contribution in [-0.2, 0) is 4.79 Å². The molecule has 0 saturated carbocycles. The number of hydrogen-bond donors (Lipinski definition) is 2. The highest BCUT2D eigenvalue weighted by atomic mass is 16.2. The predicted octanol–water partition coefficient (Wildman–Crippen LogP) is 0.593. The van der Waals surface area contributed by atoms with Crippen molar-refractivity contribution in [3.8, 4) is 0 Å². The second kappa shape index (κ2) is 6.05. The maximum Gasteiger partial charge on any atom is 0.255 e. The Labute approximate surface area is 119 Å². The minimum absolute atomic E-state index is 0.0288. The second-order valence-corrected chi connectivity index (χ2v) is 5.31. The minimum atomic E-state index is -0.475. The summed E-state index contributed by atoms with van der Waals surface area (Å²) in [5.41, 5.74) is 7.83. The van der Waals surface area contributed by atoms with Crippen molar-refractivity contribution >= 4 is 11.8 Å². The van der Waals surface area contributed by atoms with E-state index in [1.54, 1.807) is 4.90 Å². The maximum atomic E-state index is 12.8. The Morgan fingerprint density at radius 3 is 2.50 bits per heavy atom. The van der Waals surface area contributed by atoms with E-state index in [-0.39, 0.29) is 18.5 Å². The molecule has 108 valence electrons. The molecule has 0 aromatic heterocycles. The van der Waals surface area contributed by atoms with Gasteiger partial charge < -0.3 is 16.0 Å². The fraction of sp³-hybridized carbons (Fsp3) is 0.467. The van der Waals surface area contributed by atoms with Crippen molar-refractivity contribution in [3.05, 3.63) is 34.9 Å². The van der Waals surface area contributed by atoms with Gasteiger partial charge >= 0.3 is 0 Å². The monoisotopic (exact) mass is 275 g/mol. The smallest absolute Gasteiger partial charge is 0.255 e. The minimum Gasteiger partial charge on any atom is -0.368 e. The summed E-state index contributed by atoms with van der Waals surface area (Å²) in [6.07, 6.45) is 0.851. The summed E-state index contributed by atoms with van der Waals surface area (Å²) in [4.78, 5) is 25.7. The fourth-order valence-corrected chi connectivity index (χ4v) is 2.74. The Morgan fingerprint density at radius 2 is 2.00 bits per heavy atom. The topological polar surface area (TPSA) is 75.4 Å². The standard InChI is InChI=1S/C15H21N3O2/c1-10-4-3-5-11(2)14(10)15(20)18(9-13(16)19)12-6-7-17-8-12/h3-5,12,17H,6-9H2,1-2H3,(H2,16,19). The molecule has 1 unspecified atom stereocenters. The van der Waals surface area contributed by atoms with Crippen LogP contribution in [-0.4, -0.2) is 42.4 Å². The molecule has 3 N–H and O–H groups in total. The van der Waals surface area contributed by atoms with Gasteiger partial charge in [-0.3, -0.25) is 9.59 Å². The first-order valence-corrected chi connectivity index (χ1v) is 6.87. The van der Waals surface area contributed by atoms with Gasteiger partial charge in [-0.25, -0.2) is 0 Å². The number of carbonyl (C=O) groups is 2. The number of nitrogens with two attached hydrogens (primary N) is 1. The maximum absolute atomic E-state index is 12.8. The van der Waals surface area contributed by atoms with Gasteiger partial charge in [-0.15, -0.1) is 0 Å². The summed E-state index contributed by atoms with van der Waals surface area (Å²) >= 11 is 0. The molecule has 5 nitrogen and oxygen atoms in total. The van der Waals surface area contributed by atoms with Crippen LogP contribution in [0.2, 0.25) is 0 Å². The predicted molar refractivity (Wildman–Crippen MR) is 77.4 cm³/mol. The Balaban J connectivity index is 2.32. The molecule has 5 heteroatoms. The number of carbonyl (C=O) groups excluding carboxylic acids is 2. The molecule has 1 aromatic carbocycles. The van der Waals surface area contributed by atoms with E-state index >= 15 is 0 Å². The number of nitrogens with one attached hydrogen (secondary N) is 1. The first kappa shape index (κ1) is 14.5. The highest BCUT2D eigenvalue weighted by Gasteiger charge is 2.29. The molecule has 1 aliphatic heterocycles. The van der Waals surface area contributed by atoms with Gasteiger partial charge in [0.2, 0.25) is 5.91 Å². The van der Waals surface area contributed by atoms with E-state index in [9.17, 15) is 9.59 Å². The van der Waals surface area contributed by atoms with E-state index < -0.39 is 5.91 Å². The van der Waals surface area contributed by atoms with Crippen LogP contribution < -0.4 is 11.1 Å². The second-order valence-electron chi connectivity index (χ2n) is 5.31. The number of hydrogen-bond acceptors (Lipinski definition) is 3. The number of rotatable bonds is 4. The molecule has 0 spiro atoms. The SMILES string of the molecule is Cc1cccc(C)c1C(=O)N(CC(N)=O)C1CCNC1. The van der Waals surface area contributed by atoms with Gasteiger partial charge in [-0.05, 0) is 37.9 Å². The molecular formula is C15H21N3O2. The van der Waals surface area contributed by atoms with E-state index in [4.69, 9.17) is 5.73 Å². The van der Waals surface area contributed by atoms with Crippen LogP contribution in [0.4, 0.5) is 0 Å². The molecule has 1 atom stereocenters. The van der Waals surface area contributed by atoms with E-state index in [0.29, 0.717) is 12.1 Å². The van der Waals surface area contributed by atoms with Gasteiger partial charge in [0.25, 0.3) is 5.91 Å². The Kier molecular flexibility index (Phi) is 4.39. The molecule has 1 aliphatic rings. The molecule has 0 aliphatic carbocycles. The summed E-state index contributed by atoms with van der Waals surface area (Å²) in [5, 5.41) is 3.22. The van der Waals surface area contributed by atoms with Gasteiger partial charge in [0.05, 0.1) is 6.54 Å². The highest BCUT2D eigenvalue weighted by Crippen LogP contribution is 2.19. The summed E-state index contributed by atoms with van der Waals surface area (Å²) in [5.74, 6) is -0.579. The molecule has 1 saturated heterocycles. The third-order valence-electron chi connectivity index (χ3n) is 3.76. The molecule has 0 radical (unpaired) electrons. The van der Waals surface area contributed by atoms with E-state index in [0.717, 1.165) is 24.1 Å². The highest BCUT2D eigenvalue weighted by molar-refractivity contribution is 5.99. The molecule has 2 amide bonds. The summed E-state index contributed by atoms with van der Waals surface area (Å²) in [6, 6.07) is 5.79. The van der Waals surface area contributed by atoms with Gasteiger partial charge in [-0.1, -0.05) is 18.2 Å². The zero-order valence-corrected chi connectivity index (χ0v) is 12.0. The van der Waals surface area contributed by atoms with Crippen LogP contribution in [0.15, 0.2) is 18.2 Å². The zero-order valence-electron chi connectivity index (χ0n) is 12.0.